The highest BCUT2D eigenvalue weighted by Crippen LogP contribution is 2.32. The van der Waals surface area contributed by atoms with Crippen LogP contribution in [0.3, 0.4) is 0 Å². The second-order valence-corrected chi connectivity index (χ2v) is 3.57. The Morgan fingerprint density at radius 1 is 1.23 bits per heavy atom. The highest BCUT2D eigenvalue weighted by Gasteiger charge is 2.19. The van der Waals surface area contributed by atoms with Gasteiger partial charge in [0.1, 0.15) is 17.8 Å². The number of hydrogen-bond donors (Lipinski definition) is 1. The van der Waals surface area contributed by atoms with Gasteiger partial charge in [-0.3, -0.25) is 0 Å². The molecule has 70 valence electrons. The summed E-state index contributed by atoms with van der Waals surface area (Å²) < 4.78 is 0. The largest absolute Gasteiger partial charge is 0.382 e. The molecular formula is C9H14N4. The lowest BCUT2D eigenvalue weighted by atomic mass is 9.87. The van der Waals surface area contributed by atoms with Crippen LogP contribution < -0.4 is 5.73 Å². The molecule has 0 atom stereocenters. The third-order valence-corrected chi connectivity index (χ3v) is 2.67. The maximum absolute atomic E-state index is 5.74. The Kier molecular flexibility index (Phi) is 2.38. The lowest BCUT2D eigenvalue weighted by Gasteiger charge is -2.20. The van der Waals surface area contributed by atoms with Gasteiger partial charge in [-0.15, -0.1) is 10.2 Å². The topological polar surface area (TPSA) is 64.7 Å². The zero-order valence-corrected chi connectivity index (χ0v) is 7.61. The van der Waals surface area contributed by atoms with Crippen LogP contribution in [0.4, 0.5) is 5.82 Å². The summed E-state index contributed by atoms with van der Waals surface area (Å²) in [6.45, 7) is 0. The number of rotatable bonds is 1. The van der Waals surface area contributed by atoms with E-state index in [0.29, 0.717) is 11.7 Å². The summed E-state index contributed by atoms with van der Waals surface area (Å²) in [6, 6.07) is 0. The lowest BCUT2D eigenvalue weighted by molar-refractivity contribution is 0.434. The van der Waals surface area contributed by atoms with Gasteiger partial charge >= 0.3 is 0 Å². The number of nitrogens with zero attached hydrogens (tertiary/aromatic N) is 3. The van der Waals surface area contributed by atoms with Gasteiger partial charge in [0.05, 0.1) is 0 Å². The molecule has 4 nitrogen and oxygen atoms in total. The fraction of sp³-hybridized carbons (Fsp3) is 0.667. The average molecular weight is 178 g/mol. The van der Waals surface area contributed by atoms with E-state index in [1.54, 1.807) is 0 Å². The molecule has 1 aromatic heterocycles. The van der Waals surface area contributed by atoms with Gasteiger partial charge in [0, 0.05) is 5.92 Å². The number of aromatic nitrogens is 3. The zero-order valence-electron chi connectivity index (χ0n) is 7.61. The van der Waals surface area contributed by atoms with Gasteiger partial charge in [-0.25, -0.2) is 4.98 Å². The van der Waals surface area contributed by atoms with E-state index in [9.17, 15) is 0 Å². The predicted molar refractivity (Wildman–Crippen MR) is 50.1 cm³/mol. The maximum atomic E-state index is 5.74. The molecule has 0 aromatic carbocycles. The SMILES string of the molecule is Nc1ncnnc1C1CCCCC1. The van der Waals surface area contributed by atoms with Crippen LogP contribution in [0.15, 0.2) is 6.33 Å². The van der Waals surface area contributed by atoms with Crippen LogP contribution in [0.1, 0.15) is 43.7 Å². The quantitative estimate of drug-likeness (QED) is 0.707. The second kappa shape index (κ2) is 3.68. The summed E-state index contributed by atoms with van der Waals surface area (Å²) >= 11 is 0. The molecule has 0 amide bonds. The molecule has 0 spiro atoms. The molecule has 1 heterocycles. The smallest absolute Gasteiger partial charge is 0.149 e. The minimum Gasteiger partial charge on any atom is -0.382 e. The molecule has 0 aliphatic heterocycles. The van der Waals surface area contributed by atoms with Gasteiger partial charge in [-0.1, -0.05) is 19.3 Å². The fourth-order valence-corrected chi connectivity index (χ4v) is 1.96. The van der Waals surface area contributed by atoms with Crippen molar-refractivity contribution < 1.29 is 0 Å². The van der Waals surface area contributed by atoms with Crippen LogP contribution in [-0.4, -0.2) is 15.2 Å². The van der Waals surface area contributed by atoms with Crippen LogP contribution in [0, 0.1) is 0 Å². The van der Waals surface area contributed by atoms with E-state index in [1.165, 1.54) is 38.4 Å². The number of hydrogen-bond acceptors (Lipinski definition) is 4. The van der Waals surface area contributed by atoms with E-state index in [1.807, 2.05) is 0 Å². The molecule has 2 N–H and O–H groups in total. The fourth-order valence-electron chi connectivity index (χ4n) is 1.96. The van der Waals surface area contributed by atoms with E-state index in [2.05, 4.69) is 15.2 Å². The van der Waals surface area contributed by atoms with E-state index >= 15 is 0 Å². The molecule has 1 fully saturated rings. The lowest BCUT2D eigenvalue weighted by Crippen LogP contribution is -2.11. The highest BCUT2D eigenvalue weighted by molar-refractivity contribution is 5.34. The molecule has 0 bridgehead atoms. The highest BCUT2D eigenvalue weighted by atomic mass is 15.2. The van der Waals surface area contributed by atoms with Crippen molar-refractivity contribution >= 4 is 5.82 Å². The van der Waals surface area contributed by atoms with Gasteiger partial charge in [0.25, 0.3) is 0 Å². The van der Waals surface area contributed by atoms with Crippen LogP contribution in [0.5, 0.6) is 0 Å². The van der Waals surface area contributed by atoms with E-state index < -0.39 is 0 Å². The maximum Gasteiger partial charge on any atom is 0.149 e. The summed E-state index contributed by atoms with van der Waals surface area (Å²) in [6.07, 6.45) is 7.67. The summed E-state index contributed by atoms with van der Waals surface area (Å²) in [5.74, 6) is 1.05. The van der Waals surface area contributed by atoms with Crippen molar-refractivity contribution in [3.05, 3.63) is 12.0 Å². The van der Waals surface area contributed by atoms with Gasteiger partial charge < -0.3 is 5.73 Å². The Morgan fingerprint density at radius 2 is 2.00 bits per heavy atom. The number of anilines is 1. The van der Waals surface area contributed by atoms with Crippen LogP contribution in [0.25, 0.3) is 0 Å². The third kappa shape index (κ3) is 1.76. The molecule has 1 aliphatic carbocycles. The van der Waals surface area contributed by atoms with Crippen LogP contribution >= 0.6 is 0 Å². The molecule has 1 aromatic rings. The third-order valence-electron chi connectivity index (χ3n) is 2.67. The van der Waals surface area contributed by atoms with Crippen LogP contribution in [-0.2, 0) is 0 Å². The first-order chi connectivity index (χ1) is 6.38. The minimum atomic E-state index is 0.495. The van der Waals surface area contributed by atoms with Crippen LogP contribution in [0.2, 0.25) is 0 Å². The Hall–Kier alpha value is -1.19. The standard InChI is InChI=1S/C9H14N4/c10-9-8(13-12-6-11-9)7-4-2-1-3-5-7/h6-7H,1-5H2,(H2,10,11,12). The van der Waals surface area contributed by atoms with Crippen molar-refractivity contribution in [3.8, 4) is 0 Å². The molecule has 0 saturated heterocycles. The zero-order chi connectivity index (χ0) is 9.10. The van der Waals surface area contributed by atoms with E-state index in [0.717, 1.165) is 5.69 Å². The molecule has 0 radical (unpaired) electrons. The van der Waals surface area contributed by atoms with Crippen molar-refractivity contribution in [2.75, 3.05) is 5.73 Å². The predicted octanol–water partition coefficient (Wildman–Crippen LogP) is 1.50. The Balaban J connectivity index is 2.18. The molecule has 1 aliphatic rings. The molecular weight excluding hydrogens is 164 g/mol. The van der Waals surface area contributed by atoms with Gasteiger partial charge in [0.15, 0.2) is 0 Å². The van der Waals surface area contributed by atoms with Crippen molar-refractivity contribution in [1.82, 2.24) is 15.2 Å². The first-order valence-corrected chi connectivity index (χ1v) is 4.81. The number of nitrogen functional groups attached to an aromatic ring is 1. The minimum absolute atomic E-state index is 0.495. The van der Waals surface area contributed by atoms with Gasteiger partial charge in [-0.05, 0) is 12.8 Å². The summed E-state index contributed by atoms with van der Waals surface area (Å²) in [5.41, 5.74) is 6.64. The Labute approximate surface area is 77.6 Å². The first kappa shape index (κ1) is 8.41. The monoisotopic (exact) mass is 178 g/mol. The van der Waals surface area contributed by atoms with Crippen molar-refractivity contribution in [1.29, 1.82) is 0 Å². The summed E-state index contributed by atoms with van der Waals surface area (Å²) in [5, 5.41) is 7.84. The molecule has 2 rings (SSSR count). The van der Waals surface area contributed by atoms with E-state index in [4.69, 9.17) is 5.73 Å². The average Bonchev–Trinajstić information content (AvgIpc) is 2.20. The molecule has 1 saturated carbocycles. The Bertz CT molecular complexity index is 281. The second-order valence-electron chi connectivity index (χ2n) is 3.57. The van der Waals surface area contributed by atoms with Crippen molar-refractivity contribution in [2.24, 2.45) is 0 Å². The van der Waals surface area contributed by atoms with Gasteiger partial charge in [0.2, 0.25) is 0 Å². The van der Waals surface area contributed by atoms with Crippen molar-refractivity contribution in [2.45, 2.75) is 38.0 Å². The number of nitrogens with two attached hydrogens (primary N) is 1. The Morgan fingerprint density at radius 3 is 2.69 bits per heavy atom. The van der Waals surface area contributed by atoms with Crippen molar-refractivity contribution in [3.63, 3.8) is 0 Å². The molecule has 13 heavy (non-hydrogen) atoms. The van der Waals surface area contributed by atoms with E-state index in [-0.39, 0.29) is 0 Å². The molecule has 4 heteroatoms. The normalized spacial score (nSPS) is 18.8. The first-order valence-electron chi connectivity index (χ1n) is 4.81. The summed E-state index contributed by atoms with van der Waals surface area (Å²) in [4.78, 5) is 3.96. The molecule has 0 unspecified atom stereocenters. The van der Waals surface area contributed by atoms with Gasteiger partial charge in [-0.2, -0.15) is 0 Å². The summed E-state index contributed by atoms with van der Waals surface area (Å²) in [7, 11) is 0.